The summed E-state index contributed by atoms with van der Waals surface area (Å²) in [4.78, 5) is 11.9. The zero-order valence-corrected chi connectivity index (χ0v) is 14.3. The highest BCUT2D eigenvalue weighted by molar-refractivity contribution is 7.99. The van der Waals surface area contributed by atoms with Crippen molar-refractivity contribution in [2.45, 2.75) is 43.1 Å². The number of rotatable bonds is 5. The van der Waals surface area contributed by atoms with Crippen molar-refractivity contribution in [3.63, 3.8) is 0 Å². The lowest BCUT2D eigenvalue weighted by Crippen LogP contribution is -2.45. The van der Waals surface area contributed by atoms with E-state index in [1.54, 1.807) is 24.3 Å². The van der Waals surface area contributed by atoms with Crippen LogP contribution in [0.4, 0.5) is 4.79 Å². The van der Waals surface area contributed by atoms with Crippen LogP contribution >= 0.6 is 23.4 Å². The number of benzene rings is 1. The highest BCUT2D eigenvalue weighted by Crippen LogP contribution is 2.26. The number of hydrogen-bond donors (Lipinski definition) is 3. The van der Waals surface area contributed by atoms with E-state index in [9.17, 15) is 9.90 Å². The van der Waals surface area contributed by atoms with Crippen LogP contribution in [-0.4, -0.2) is 35.2 Å². The fourth-order valence-corrected chi connectivity index (χ4v) is 3.67. The van der Waals surface area contributed by atoms with Crippen molar-refractivity contribution in [3.8, 4) is 0 Å². The molecular weight excluding hydrogens is 320 g/mol. The molecule has 0 bridgehead atoms. The first-order chi connectivity index (χ1) is 10.6. The van der Waals surface area contributed by atoms with Gasteiger partial charge in [-0.1, -0.05) is 30.2 Å². The van der Waals surface area contributed by atoms with Gasteiger partial charge in [-0.2, -0.15) is 11.8 Å². The van der Waals surface area contributed by atoms with Gasteiger partial charge in [-0.15, -0.1) is 0 Å². The number of halogens is 1. The number of aliphatic hydroxyl groups is 1. The summed E-state index contributed by atoms with van der Waals surface area (Å²) >= 11 is 7.68. The van der Waals surface area contributed by atoms with E-state index in [4.69, 9.17) is 11.6 Å². The van der Waals surface area contributed by atoms with Gasteiger partial charge in [0.05, 0.1) is 6.10 Å². The fraction of sp³-hybridized carbons (Fsp3) is 0.562. The summed E-state index contributed by atoms with van der Waals surface area (Å²) in [7, 11) is 0. The van der Waals surface area contributed by atoms with Crippen LogP contribution in [0, 0.1) is 0 Å². The number of hydrogen-bond acceptors (Lipinski definition) is 3. The number of aliphatic hydroxyl groups excluding tert-OH is 1. The highest BCUT2D eigenvalue weighted by atomic mass is 35.5. The Kier molecular flexibility index (Phi) is 6.86. The smallest absolute Gasteiger partial charge is 0.315 e. The van der Waals surface area contributed by atoms with Gasteiger partial charge in [0, 0.05) is 22.9 Å². The molecule has 0 aromatic heterocycles. The van der Waals surface area contributed by atoms with E-state index >= 15 is 0 Å². The van der Waals surface area contributed by atoms with Crippen molar-refractivity contribution in [2.24, 2.45) is 0 Å². The molecule has 0 radical (unpaired) electrons. The zero-order valence-electron chi connectivity index (χ0n) is 12.7. The third-order valence-electron chi connectivity index (χ3n) is 4.01. The fourth-order valence-electron chi connectivity index (χ4n) is 2.72. The van der Waals surface area contributed by atoms with Gasteiger partial charge in [-0.3, -0.25) is 0 Å². The molecule has 0 aliphatic heterocycles. The number of carbonyl (C=O) groups excluding carboxylic acids is 1. The van der Waals surface area contributed by atoms with Crippen LogP contribution in [0.1, 0.15) is 37.4 Å². The Bertz CT molecular complexity index is 484. The topological polar surface area (TPSA) is 61.4 Å². The average molecular weight is 343 g/mol. The Morgan fingerprint density at radius 2 is 2.14 bits per heavy atom. The molecule has 1 saturated carbocycles. The lowest BCUT2D eigenvalue weighted by molar-refractivity contribution is 0.172. The van der Waals surface area contributed by atoms with Gasteiger partial charge in [0.2, 0.25) is 0 Å². The molecule has 4 nitrogen and oxygen atoms in total. The van der Waals surface area contributed by atoms with Gasteiger partial charge in [0.1, 0.15) is 0 Å². The lowest BCUT2D eigenvalue weighted by Gasteiger charge is -2.28. The number of urea groups is 1. The van der Waals surface area contributed by atoms with Crippen molar-refractivity contribution in [1.29, 1.82) is 0 Å². The summed E-state index contributed by atoms with van der Waals surface area (Å²) < 4.78 is 0. The second-order valence-electron chi connectivity index (χ2n) is 5.64. The Morgan fingerprint density at radius 1 is 1.41 bits per heavy atom. The maximum absolute atomic E-state index is 11.9. The van der Waals surface area contributed by atoms with E-state index in [-0.39, 0.29) is 18.6 Å². The van der Waals surface area contributed by atoms with Gasteiger partial charge in [-0.25, -0.2) is 4.79 Å². The summed E-state index contributed by atoms with van der Waals surface area (Å²) in [6.07, 6.45) is 5.84. The van der Waals surface area contributed by atoms with Gasteiger partial charge in [-0.05, 0) is 43.2 Å². The highest BCUT2D eigenvalue weighted by Gasteiger charge is 2.22. The Morgan fingerprint density at radius 3 is 2.82 bits per heavy atom. The number of nitrogens with one attached hydrogen (secondary N) is 2. The third-order valence-corrected chi connectivity index (χ3v) is 5.35. The van der Waals surface area contributed by atoms with Crippen molar-refractivity contribution >= 4 is 29.4 Å². The van der Waals surface area contributed by atoms with Crippen molar-refractivity contribution in [1.82, 2.24) is 10.6 Å². The quantitative estimate of drug-likeness (QED) is 0.769. The average Bonchev–Trinajstić information content (AvgIpc) is 2.53. The van der Waals surface area contributed by atoms with E-state index in [0.717, 1.165) is 24.8 Å². The molecule has 2 rings (SSSR count). The first-order valence-corrected chi connectivity index (χ1v) is 9.25. The minimum atomic E-state index is -0.728. The van der Waals surface area contributed by atoms with Crippen LogP contribution in [-0.2, 0) is 0 Å². The van der Waals surface area contributed by atoms with E-state index in [1.165, 1.54) is 6.42 Å². The molecule has 3 atom stereocenters. The molecule has 0 saturated heterocycles. The molecule has 122 valence electrons. The van der Waals surface area contributed by atoms with Gasteiger partial charge >= 0.3 is 6.03 Å². The molecule has 3 unspecified atom stereocenters. The molecule has 0 heterocycles. The van der Waals surface area contributed by atoms with Crippen LogP contribution < -0.4 is 10.6 Å². The summed E-state index contributed by atoms with van der Waals surface area (Å²) in [5, 5.41) is 17.1. The summed E-state index contributed by atoms with van der Waals surface area (Å²) in [5.74, 6) is 0. The van der Waals surface area contributed by atoms with Crippen LogP contribution in [0.15, 0.2) is 24.3 Å². The lowest BCUT2D eigenvalue weighted by atomic mass is 9.95. The van der Waals surface area contributed by atoms with Crippen molar-refractivity contribution in [2.75, 3.05) is 12.8 Å². The van der Waals surface area contributed by atoms with E-state index < -0.39 is 6.10 Å². The number of carbonyl (C=O) groups is 1. The summed E-state index contributed by atoms with van der Waals surface area (Å²) in [5.41, 5.74) is 0.741. The molecule has 6 heteroatoms. The summed E-state index contributed by atoms with van der Waals surface area (Å²) in [6, 6.07) is 7.00. The molecule has 1 aromatic carbocycles. The number of thioether (sulfide) groups is 1. The second-order valence-corrected chi connectivity index (χ2v) is 7.22. The minimum absolute atomic E-state index is 0.187. The van der Waals surface area contributed by atoms with E-state index in [1.807, 2.05) is 11.8 Å². The molecular formula is C16H23ClN2O2S. The van der Waals surface area contributed by atoms with Crippen LogP contribution in [0.3, 0.4) is 0 Å². The number of amides is 2. The first kappa shape index (κ1) is 17.4. The molecule has 1 fully saturated rings. The molecule has 1 aliphatic rings. The van der Waals surface area contributed by atoms with E-state index in [0.29, 0.717) is 10.3 Å². The largest absolute Gasteiger partial charge is 0.387 e. The predicted octanol–water partition coefficient (Wildman–Crippen LogP) is 3.35. The van der Waals surface area contributed by atoms with Crippen LogP contribution in [0.25, 0.3) is 0 Å². The standard InChI is InChI=1S/C16H23ClN2O2S/c1-22-14-4-2-3-13(9-14)19-16(21)18-10-15(20)11-5-7-12(17)8-6-11/h5-8,13-15,20H,2-4,9-10H2,1H3,(H2,18,19,21). The van der Waals surface area contributed by atoms with Gasteiger partial charge in [0.15, 0.2) is 0 Å². The SMILES string of the molecule is CSC1CCCC(NC(=O)NCC(O)c2ccc(Cl)cc2)C1. The van der Waals surface area contributed by atoms with Gasteiger partial charge in [0.25, 0.3) is 0 Å². The van der Waals surface area contributed by atoms with Crippen molar-refractivity contribution in [3.05, 3.63) is 34.9 Å². The maximum atomic E-state index is 11.9. The zero-order chi connectivity index (χ0) is 15.9. The summed E-state index contributed by atoms with van der Waals surface area (Å²) in [6.45, 7) is 0.187. The monoisotopic (exact) mass is 342 g/mol. The maximum Gasteiger partial charge on any atom is 0.315 e. The molecule has 2 amide bonds. The predicted molar refractivity (Wildman–Crippen MR) is 92.5 cm³/mol. The minimum Gasteiger partial charge on any atom is -0.387 e. The molecule has 1 aliphatic carbocycles. The Balaban J connectivity index is 1.74. The van der Waals surface area contributed by atoms with Crippen molar-refractivity contribution < 1.29 is 9.90 Å². The third kappa shape index (κ3) is 5.38. The molecule has 0 spiro atoms. The van der Waals surface area contributed by atoms with Gasteiger partial charge < -0.3 is 15.7 Å². The molecule has 3 N–H and O–H groups in total. The molecule has 1 aromatic rings. The normalized spacial score (nSPS) is 22.9. The Hall–Kier alpha value is -0.910. The second kappa shape index (κ2) is 8.65. The molecule has 22 heavy (non-hydrogen) atoms. The van der Waals surface area contributed by atoms with Crippen LogP contribution in [0.5, 0.6) is 0 Å². The van der Waals surface area contributed by atoms with Crippen LogP contribution in [0.2, 0.25) is 5.02 Å². The Labute approximate surface area is 141 Å². The van der Waals surface area contributed by atoms with E-state index in [2.05, 4.69) is 16.9 Å². The first-order valence-electron chi connectivity index (χ1n) is 7.59.